The zero-order chi connectivity index (χ0) is 26.9. The van der Waals surface area contributed by atoms with E-state index in [2.05, 4.69) is 57.6 Å². The highest BCUT2D eigenvalue weighted by Crippen LogP contribution is 2.43. The Morgan fingerprint density at radius 1 is 0.769 bits per heavy atom. The highest BCUT2D eigenvalue weighted by molar-refractivity contribution is 9.10. The fourth-order valence-corrected chi connectivity index (χ4v) is 5.34. The molecule has 6 nitrogen and oxygen atoms in total. The molecule has 0 spiro atoms. The molecule has 1 N–H and O–H groups in total. The van der Waals surface area contributed by atoms with Gasteiger partial charge in [0.25, 0.3) is 5.91 Å². The summed E-state index contributed by atoms with van der Waals surface area (Å²) in [6.07, 6.45) is 0. The molecule has 5 aromatic carbocycles. The lowest BCUT2D eigenvalue weighted by atomic mass is 9.94. The Morgan fingerprint density at radius 3 is 2.15 bits per heavy atom. The van der Waals surface area contributed by atoms with Gasteiger partial charge in [-0.3, -0.25) is 4.79 Å². The number of anilines is 1. The highest BCUT2D eigenvalue weighted by atomic mass is 79.9. The summed E-state index contributed by atoms with van der Waals surface area (Å²) in [6, 6.07) is 30.0. The van der Waals surface area contributed by atoms with Crippen LogP contribution >= 0.6 is 15.9 Å². The van der Waals surface area contributed by atoms with E-state index in [1.54, 1.807) is 26.4 Å². The molecule has 0 aliphatic carbocycles. The highest BCUT2D eigenvalue weighted by Gasteiger charge is 2.26. The first-order chi connectivity index (χ1) is 19.1. The number of benzene rings is 5. The minimum atomic E-state index is -0.319. The Hall–Kier alpha value is -4.49. The van der Waals surface area contributed by atoms with Crippen LogP contribution in [0.1, 0.15) is 10.4 Å². The molecule has 194 valence electrons. The number of carbonyl (C=O) groups excluding carboxylic acids is 1. The zero-order valence-electron chi connectivity index (χ0n) is 21.3. The molecule has 1 heterocycles. The van der Waals surface area contributed by atoms with Crippen LogP contribution in [0.2, 0.25) is 0 Å². The monoisotopic (exact) mass is 581 g/mol. The number of rotatable bonds is 6. The SMILES string of the molecule is COc1cc2c(NC(=O)c3c(Br)ccc4c3OCO4)ccc(-c3ccc(-c4ccccc4)cc3)c2cc1OC. The van der Waals surface area contributed by atoms with E-state index in [0.29, 0.717) is 38.7 Å². The van der Waals surface area contributed by atoms with Gasteiger partial charge in [-0.05, 0) is 73.9 Å². The molecule has 7 heteroatoms. The maximum Gasteiger partial charge on any atom is 0.260 e. The normalized spacial score (nSPS) is 11.9. The molecule has 0 unspecified atom stereocenters. The maximum atomic E-state index is 13.5. The molecule has 6 rings (SSSR count). The van der Waals surface area contributed by atoms with Crippen molar-refractivity contribution in [3.05, 3.63) is 101 Å². The maximum absolute atomic E-state index is 13.5. The smallest absolute Gasteiger partial charge is 0.260 e. The van der Waals surface area contributed by atoms with Gasteiger partial charge in [-0.15, -0.1) is 0 Å². The molecular formula is C32H24BrNO5. The summed E-state index contributed by atoms with van der Waals surface area (Å²) >= 11 is 3.49. The third kappa shape index (κ3) is 4.55. The van der Waals surface area contributed by atoms with Gasteiger partial charge in [-0.2, -0.15) is 0 Å². The summed E-state index contributed by atoms with van der Waals surface area (Å²) in [4.78, 5) is 13.5. The van der Waals surface area contributed by atoms with Gasteiger partial charge in [-0.1, -0.05) is 60.7 Å². The van der Waals surface area contributed by atoms with Crippen molar-refractivity contribution in [2.75, 3.05) is 26.3 Å². The summed E-state index contributed by atoms with van der Waals surface area (Å²) in [6.45, 7) is 0.0732. The van der Waals surface area contributed by atoms with Gasteiger partial charge in [0.2, 0.25) is 6.79 Å². The molecule has 1 aliphatic rings. The van der Waals surface area contributed by atoms with Gasteiger partial charge >= 0.3 is 0 Å². The van der Waals surface area contributed by atoms with Crippen molar-refractivity contribution in [1.29, 1.82) is 0 Å². The van der Waals surface area contributed by atoms with Crippen LogP contribution in [-0.4, -0.2) is 26.9 Å². The second-order valence-electron chi connectivity index (χ2n) is 8.97. The lowest BCUT2D eigenvalue weighted by Crippen LogP contribution is -2.14. The molecular weight excluding hydrogens is 558 g/mol. The molecule has 0 bridgehead atoms. The average molecular weight is 582 g/mol. The van der Waals surface area contributed by atoms with E-state index >= 15 is 0 Å². The minimum absolute atomic E-state index is 0.0732. The van der Waals surface area contributed by atoms with E-state index in [0.717, 1.165) is 33.0 Å². The number of carbonyl (C=O) groups is 1. The summed E-state index contributed by atoms with van der Waals surface area (Å²) < 4.78 is 22.9. The summed E-state index contributed by atoms with van der Waals surface area (Å²) in [5.41, 5.74) is 5.34. The summed E-state index contributed by atoms with van der Waals surface area (Å²) in [7, 11) is 3.20. The van der Waals surface area contributed by atoms with Gasteiger partial charge < -0.3 is 24.3 Å². The molecule has 39 heavy (non-hydrogen) atoms. The quantitative estimate of drug-likeness (QED) is 0.220. The first-order valence-electron chi connectivity index (χ1n) is 12.3. The Balaban J connectivity index is 1.44. The van der Waals surface area contributed by atoms with Crippen molar-refractivity contribution >= 4 is 38.3 Å². The third-order valence-corrected chi connectivity index (χ3v) is 7.45. The predicted molar refractivity (Wildman–Crippen MR) is 156 cm³/mol. The fraction of sp³-hybridized carbons (Fsp3) is 0.0938. The topological polar surface area (TPSA) is 66.0 Å². The Kier molecular flexibility index (Phi) is 6.59. The average Bonchev–Trinajstić information content (AvgIpc) is 3.46. The lowest BCUT2D eigenvalue weighted by molar-refractivity contribution is 0.102. The number of halogens is 1. The van der Waals surface area contributed by atoms with Crippen molar-refractivity contribution in [1.82, 2.24) is 0 Å². The largest absolute Gasteiger partial charge is 0.493 e. The van der Waals surface area contributed by atoms with Crippen LogP contribution in [0.5, 0.6) is 23.0 Å². The fourth-order valence-electron chi connectivity index (χ4n) is 4.85. The molecule has 1 aliphatic heterocycles. The van der Waals surface area contributed by atoms with E-state index in [4.69, 9.17) is 18.9 Å². The van der Waals surface area contributed by atoms with Crippen molar-refractivity contribution < 1.29 is 23.7 Å². The van der Waals surface area contributed by atoms with Crippen LogP contribution in [-0.2, 0) is 0 Å². The van der Waals surface area contributed by atoms with Crippen LogP contribution in [0, 0.1) is 0 Å². The van der Waals surface area contributed by atoms with Crippen molar-refractivity contribution in [3.8, 4) is 45.3 Å². The molecule has 0 atom stereocenters. The minimum Gasteiger partial charge on any atom is -0.493 e. The number of ether oxygens (including phenoxy) is 4. The number of nitrogens with one attached hydrogen (secondary N) is 1. The standard InChI is InChI=1S/C32H24BrNO5/c1-36-28-16-23-22(21-10-8-20(9-11-21)19-6-4-3-5-7-19)12-14-26(24(23)17-29(28)37-2)34-32(35)30-25(33)13-15-27-31(30)39-18-38-27/h3-17H,18H2,1-2H3,(H,34,35). The van der Waals surface area contributed by atoms with Crippen LogP contribution in [0.15, 0.2) is 95.5 Å². The van der Waals surface area contributed by atoms with Gasteiger partial charge in [0.05, 0.1) is 19.8 Å². The van der Waals surface area contributed by atoms with E-state index in [9.17, 15) is 4.79 Å². The molecule has 0 aromatic heterocycles. The number of hydrogen-bond acceptors (Lipinski definition) is 5. The van der Waals surface area contributed by atoms with Gasteiger partial charge in [-0.25, -0.2) is 0 Å². The molecule has 5 aromatic rings. The van der Waals surface area contributed by atoms with Crippen LogP contribution in [0.3, 0.4) is 0 Å². The molecule has 0 radical (unpaired) electrons. The lowest BCUT2D eigenvalue weighted by Gasteiger charge is -2.17. The van der Waals surface area contributed by atoms with E-state index in [-0.39, 0.29) is 12.7 Å². The van der Waals surface area contributed by atoms with Gasteiger partial charge in [0.1, 0.15) is 0 Å². The molecule has 1 amide bonds. The molecule has 0 fully saturated rings. The van der Waals surface area contributed by atoms with E-state index in [1.807, 2.05) is 42.5 Å². The second-order valence-corrected chi connectivity index (χ2v) is 9.82. The van der Waals surface area contributed by atoms with E-state index < -0.39 is 0 Å². The predicted octanol–water partition coefficient (Wildman–Crippen LogP) is 7.93. The zero-order valence-corrected chi connectivity index (χ0v) is 22.9. The van der Waals surface area contributed by atoms with Crippen molar-refractivity contribution in [3.63, 3.8) is 0 Å². The van der Waals surface area contributed by atoms with Crippen LogP contribution in [0.4, 0.5) is 5.69 Å². The number of fused-ring (bicyclic) bond motifs is 2. The third-order valence-electron chi connectivity index (χ3n) is 6.79. The first kappa shape index (κ1) is 24.8. The summed E-state index contributed by atoms with van der Waals surface area (Å²) in [5.74, 6) is 1.80. The van der Waals surface area contributed by atoms with Crippen molar-refractivity contribution in [2.45, 2.75) is 0 Å². The Bertz CT molecular complexity index is 1700. The van der Waals surface area contributed by atoms with Crippen molar-refractivity contribution in [2.24, 2.45) is 0 Å². The Morgan fingerprint density at radius 2 is 1.44 bits per heavy atom. The number of methoxy groups -OCH3 is 2. The second kappa shape index (κ2) is 10.3. The summed E-state index contributed by atoms with van der Waals surface area (Å²) in [5, 5.41) is 4.79. The van der Waals surface area contributed by atoms with Crippen LogP contribution < -0.4 is 24.3 Å². The molecule has 0 saturated carbocycles. The molecule has 0 saturated heterocycles. The van der Waals surface area contributed by atoms with Crippen LogP contribution in [0.25, 0.3) is 33.0 Å². The Labute approximate surface area is 234 Å². The van der Waals surface area contributed by atoms with Gasteiger partial charge in [0, 0.05) is 15.5 Å². The van der Waals surface area contributed by atoms with E-state index in [1.165, 1.54) is 0 Å². The van der Waals surface area contributed by atoms with Gasteiger partial charge in [0.15, 0.2) is 23.0 Å². The number of amides is 1. The number of hydrogen-bond donors (Lipinski definition) is 1. The first-order valence-corrected chi connectivity index (χ1v) is 13.1.